The van der Waals surface area contributed by atoms with Gasteiger partial charge in [0.25, 0.3) is 0 Å². The number of hydrogen-bond acceptors (Lipinski definition) is 2. The summed E-state index contributed by atoms with van der Waals surface area (Å²) in [7, 11) is 0. The normalized spacial score (nSPS) is 14.1. The Hall–Kier alpha value is -1.71. The molecule has 20 heavy (non-hydrogen) atoms. The molecule has 3 N–H and O–H groups in total. The first-order valence-corrected chi connectivity index (χ1v) is 6.73. The first kappa shape index (κ1) is 14.7. The van der Waals surface area contributed by atoms with Gasteiger partial charge in [0, 0.05) is 12.5 Å². The SMILES string of the molecule is Cc1ccc(C(O)C(CN)c2ccc(F)cc2)c(C)c1. The van der Waals surface area contributed by atoms with Crippen molar-refractivity contribution in [3.63, 3.8) is 0 Å². The molecule has 0 fully saturated rings. The van der Waals surface area contributed by atoms with Crippen LogP contribution in [0.5, 0.6) is 0 Å². The van der Waals surface area contributed by atoms with Crippen molar-refractivity contribution >= 4 is 0 Å². The molecule has 0 amide bonds. The monoisotopic (exact) mass is 273 g/mol. The molecule has 0 spiro atoms. The van der Waals surface area contributed by atoms with Crippen LogP contribution in [0.3, 0.4) is 0 Å². The molecule has 2 atom stereocenters. The Balaban J connectivity index is 2.33. The molecule has 0 radical (unpaired) electrons. The van der Waals surface area contributed by atoms with Gasteiger partial charge in [0.2, 0.25) is 0 Å². The molecule has 0 saturated heterocycles. The van der Waals surface area contributed by atoms with Gasteiger partial charge < -0.3 is 10.8 Å². The van der Waals surface area contributed by atoms with Crippen molar-refractivity contribution in [2.24, 2.45) is 5.73 Å². The predicted octanol–water partition coefficient (Wildman–Crippen LogP) is 3.22. The molecule has 0 aliphatic rings. The summed E-state index contributed by atoms with van der Waals surface area (Å²) in [6, 6.07) is 12.1. The Morgan fingerprint density at radius 3 is 2.30 bits per heavy atom. The molecule has 0 bridgehead atoms. The van der Waals surface area contributed by atoms with Gasteiger partial charge in [-0.2, -0.15) is 0 Å². The van der Waals surface area contributed by atoms with E-state index in [1.54, 1.807) is 12.1 Å². The number of aliphatic hydroxyl groups excluding tert-OH is 1. The van der Waals surface area contributed by atoms with E-state index >= 15 is 0 Å². The number of nitrogens with two attached hydrogens (primary N) is 1. The first-order valence-electron chi connectivity index (χ1n) is 6.73. The lowest BCUT2D eigenvalue weighted by molar-refractivity contribution is 0.146. The number of halogens is 1. The number of benzene rings is 2. The Labute approximate surface area is 119 Å². The molecule has 106 valence electrons. The third-order valence-electron chi connectivity index (χ3n) is 3.68. The number of rotatable bonds is 4. The highest BCUT2D eigenvalue weighted by atomic mass is 19.1. The van der Waals surface area contributed by atoms with Crippen molar-refractivity contribution in [3.05, 3.63) is 70.5 Å². The molecule has 0 saturated carbocycles. The molecule has 2 unspecified atom stereocenters. The molecular weight excluding hydrogens is 253 g/mol. The van der Waals surface area contributed by atoms with E-state index in [0.29, 0.717) is 6.54 Å². The summed E-state index contributed by atoms with van der Waals surface area (Å²) < 4.78 is 13.0. The van der Waals surface area contributed by atoms with Crippen LogP contribution in [0.2, 0.25) is 0 Å². The van der Waals surface area contributed by atoms with Crippen LogP contribution in [0.4, 0.5) is 4.39 Å². The largest absolute Gasteiger partial charge is 0.388 e. The van der Waals surface area contributed by atoms with Gasteiger partial charge in [-0.15, -0.1) is 0 Å². The Morgan fingerprint density at radius 1 is 1.10 bits per heavy atom. The summed E-state index contributed by atoms with van der Waals surface area (Å²) >= 11 is 0. The fraction of sp³-hybridized carbons (Fsp3) is 0.294. The number of aryl methyl sites for hydroxylation is 2. The molecular formula is C17H20FNO. The third kappa shape index (κ3) is 3.06. The van der Waals surface area contributed by atoms with Gasteiger partial charge in [-0.05, 0) is 42.7 Å². The lowest BCUT2D eigenvalue weighted by Crippen LogP contribution is -2.20. The smallest absolute Gasteiger partial charge is 0.123 e. The van der Waals surface area contributed by atoms with Crippen LogP contribution in [0.1, 0.15) is 34.3 Å². The summed E-state index contributed by atoms with van der Waals surface area (Å²) in [6.07, 6.45) is -0.689. The summed E-state index contributed by atoms with van der Waals surface area (Å²) in [4.78, 5) is 0. The second-order valence-corrected chi connectivity index (χ2v) is 5.20. The molecule has 2 rings (SSSR count). The van der Waals surface area contributed by atoms with E-state index in [-0.39, 0.29) is 11.7 Å². The van der Waals surface area contributed by atoms with Crippen molar-refractivity contribution in [2.75, 3.05) is 6.54 Å². The van der Waals surface area contributed by atoms with E-state index in [1.807, 2.05) is 32.0 Å². The van der Waals surface area contributed by atoms with E-state index in [9.17, 15) is 9.50 Å². The highest BCUT2D eigenvalue weighted by Crippen LogP contribution is 2.32. The number of aliphatic hydroxyl groups is 1. The lowest BCUT2D eigenvalue weighted by atomic mass is 9.87. The Bertz CT molecular complexity index is 580. The van der Waals surface area contributed by atoms with Crippen molar-refractivity contribution in [3.8, 4) is 0 Å². The van der Waals surface area contributed by atoms with Gasteiger partial charge >= 0.3 is 0 Å². The summed E-state index contributed by atoms with van der Waals surface area (Å²) in [5, 5.41) is 10.6. The van der Waals surface area contributed by atoms with E-state index in [2.05, 4.69) is 0 Å². The Morgan fingerprint density at radius 2 is 1.75 bits per heavy atom. The molecule has 0 aliphatic heterocycles. The van der Waals surface area contributed by atoms with Gasteiger partial charge in [-0.1, -0.05) is 35.9 Å². The van der Waals surface area contributed by atoms with E-state index < -0.39 is 6.10 Å². The second kappa shape index (κ2) is 6.16. The van der Waals surface area contributed by atoms with Gasteiger partial charge in [0.15, 0.2) is 0 Å². The fourth-order valence-corrected chi connectivity index (χ4v) is 2.53. The van der Waals surface area contributed by atoms with Crippen LogP contribution in [-0.4, -0.2) is 11.7 Å². The van der Waals surface area contributed by atoms with Crippen LogP contribution in [0.15, 0.2) is 42.5 Å². The predicted molar refractivity (Wildman–Crippen MR) is 79.1 cm³/mol. The van der Waals surface area contributed by atoms with E-state index in [1.165, 1.54) is 12.1 Å². The minimum atomic E-state index is -0.689. The minimum Gasteiger partial charge on any atom is -0.388 e. The highest BCUT2D eigenvalue weighted by Gasteiger charge is 2.22. The summed E-state index contributed by atoms with van der Waals surface area (Å²) in [5.41, 5.74) is 9.72. The van der Waals surface area contributed by atoms with Crippen molar-refractivity contribution in [2.45, 2.75) is 25.9 Å². The summed E-state index contributed by atoms with van der Waals surface area (Å²) in [6.45, 7) is 4.30. The first-order chi connectivity index (χ1) is 9.52. The van der Waals surface area contributed by atoms with Crippen molar-refractivity contribution in [1.29, 1.82) is 0 Å². The topological polar surface area (TPSA) is 46.2 Å². The van der Waals surface area contributed by atoms with Crippen LogP contribution < -0.4 is 5.73 Å². The van der Waals surface area contributed by atoms with Crippen LogP contribution >= 0.6 is 0 Å². The van der Waals surface area contributed by atoms with E-state index in [0.717, 1.165) is 22.3 Å². The van der Waals surface area contributed by atoms with Crippen LogP contribution in [0, 0.1) is 19.7 Å². The highest BCUT2D eigenvalue weighted by molar-refractivity contribution is 5.35. The molecule has 2 aromatic rings. The number of hydrogen-bond donors (Lipinski definition) is 2. The zero-order valence-corrected chi connectivity index (χ0v) is 11.8. The molecule has 2 aromatic carbocycles. The third-order valence-corrected chi connectivity index (χ3v) is 3.68. The zero-order valence-electron chi connectivity index (χ0n) is 11.8. The Kier molecular flexibility index (Phi) is 4.53. The molecule has 0 heterocycles. The molecule has 2 nitrogen and oxygen atoms in total. The molecule has 0 aromatic heterocycles. The quantitative estimate of drug-likeness (QED) is 0.898. The lowest BCUT2D eigenvalue weighted by Gasteiger charge is -2.24. The van der Waals surface area contributed by atoms with Gasteiger partial charge in [0.1, 0.15) is 5.82 Å². The molecule has 0 aliphatic carbocycles. The van der Waals surface area contributed by atoms with Crippen molar-refractivity contribution < 1.29 is 9.50 Å². The average molecular weight is 273 g/mol. The van der Waals surface area contributed by atoms with Gasteiger partial charge in [-0.25, -0.2) is 4.39 Å². The maximum absolute atomic E-state index is 13.0. The maximum Gasteiger partial charge on any atom is 0.123 e. The second-order valence-electron chi connectivity index (χ2n) is 5.20. The zero-order chi connectivity index (χ0) is 14.7. The minimum absolute atomic E-state index is 0.239. The van der Waals surface area contributed by atoms with Crippen LogP contribution in [-0.2, 0) is 0 Å². The molecule has 3 heteroatoms. The standard InChI is InChI=1S/C17H20FNO/c1-11-3-8-15(12(2)9-11)17(20)16(10-19)13-4-6-14(18)7-5-13/h3-9,16-17,20H,10,19H2,1-2H3. The van der Waals surface area contributed by atoms with E-state index in [4.69, 9.17) is 5.73 Å². The van der Waals surface area contributed by atoms with Gasteiger partial charge in [0.05, 0.1) is 6.10 Å². The van der Waals surface area contributed by atoms with Crippen molar-refractivity contribution in [1.82, 2.24) is 0 Å². The van der Waals surface area contributed by atoms with Gasteiger partial charge in [-0.3, -0.25) is 0 Å². The average Bonchev–Trinajstić information content (AvgIpc) is 2.41. The van der Waals surface area contributed by atoms with Crippen LogP contribution in [0.25, 0.3) is 0 Å². The fourth-order valence-electron chi connectivity index (χ4n) is 2.53. The maximum atomic E-state index is 13.0. The summed E-state index contributed by atoms with van der Waals surface area (Å²) in [5.74, 6) is -0.525.